The Morgan fingerprint density at radius 2 is 1.70 bits per heavy atom. The fraction of sp³-hybridized carbons (Fsp3) is 0.300. The Balaban J connectivity index is 2.26. The Bertz CT molecular complexity index is 1720. The summed E-state index contributed by atoms with van der Waals surface area (Å²) in [6, 6.07) is 14.3. The number of ether oxygens (including phenoxy) is 2. The third-order valence-corrected chi connectivity index (χ3v) is 6.56. The number of rotatable bonds is 9. The number of para-hydroxylation sites is 1. The summed E-state index contributed by atoms with van der Waals surface area (Å²) in [4.78, 5) is 57.6. The highest BCUT2D eigenvalue weighted by Gasteiger charge is 2.29. The third kappa shape index (κ3) is 5.25. The van der Waals surface area contributed by atoms with Crippen molar-refractivity contribution in [3.05, 3.63) is 91.8 Å². The van der Waals surface area contributed by atoms with Gasteiger partial charge in [-0.25, -0.2) is 19.1 Å². The van der Waals surface area contributed by atoms with Crippen molar-refractivity contribution in [1.29, 1.82) is 0 Å². The molecule has 10 nitrogen and oxygen atoms in total. The van der Waals surface area contributed by atoms with Gasteiger partial charge in [-0.05, 0) is 31.4 Å². The maximum absolute atomic E-state index is 14.0. The van der Waals surface area contributed by atoms with Crippen molar-refractivity contribution in [3.63, 3.8) is 0 Å². The maximum Gasteiger partial charge on any atom is 0.340 e. The van der Waals surface area contributed by atoms with Gasteiger partial charge in [0.25, 0.3) is 5.56 Å². The molecule has 0 unspecified atom stereocenters. The maximum atomic E-state index is 14.0. The van der Waals surface area contributed by atoms with Crippen molar-refractivity contribution in [1.82, 2.24) is 14.1 Å². The highest BCUT2D eigenvalue weighted by Crippen LogP contribution is 2.35. The lowest BCUT2D eigenvalue weighted by atomic mass is 9.91. The number of hydrogen-bond acceptors (Lipinski definition) is 7. The summed E-state index contributed by atoms with van der Waals surface area (Å²) >= 11 is 0. The number of hydrogen-bond donors (Lipinski definition) is 1. The SMILES string of the molecule is CCOC(=O)c1c(C(C)C)nc2c(c1-c1ccc(C)cc1)c(=O)n(CC(=O)O)c(=O)n2Cc1ccccc1OC. The molecule has 4 aromatic rings. The van der Waals surface area contributed by atoms with Gasteiger partial charge >= 0.3 is 17.6 Å². The zero-order valence-corrected chi connectivity index (χ0v) is 23.1. The van der Waals surface area contributed by atoms with Gasteiger partial charge in [0.15, 0.2) is 5.65 Å². The molecule has 40 heavy (non-hydrogen) atoms. The van der Waals surface area contributed by atoms with E-state index >= 15 is 0 Å². The molecule has 0 amide bonds. The number of aliphatic carboxylic acids is 1. The topological polar surface area (TPSA) is 130 Å². The van der Waals surface area contributed by atoms with E-state index in [0.717, 1.165) is 5.56 Å². The van der Waals surface area contributed by atoms with Crippen LogP contribution in [0, 0.1) is 6.92 Å². The summed E-state index contributed by atoms with van der Waals surface area (Å²) < 4.78 is 12.8. The summed E-state index contributed by atoms with van der Waals surface area (Å²) in [6.07, 6.45) is 0. The van der Waals surface area contributed by atoms with E-state index in [1.807, 2.05) is 32.9 Å². The predicted molar refractivity (Wildman–Crippen MR) is 150 cm³/mol. The first-order chi connectivity index (χ1) is 19.1. The van der Waals surface area contributed by atoms with E-state index in [1.54, 1.807) is 43.3 Å². The molecule has 0 aliphatic rings. The summed E-state index contributed by atoms with van der Waals surface area (Å²) in [5, 5.41) is 9.53. The molecule has 0 aliphatic carbocycles. The summed E-state index contributed by atoms with van der Waals surface area (Å²) in [5.74, 6) is -1.81. The van der Waals surface area contributed by atoms with Crippen molar-refractivity contribution in [2.24, 2.45) is 0 Å². The average molecular weight is 546 g/mol. The van der Waals surface area contributed by atoms with Gasteiger partial charge in [0.2, 0.25) is 0 Å². The van der Waals surface area contributed by atoms with Crippen LogP contribution in [-0.4, -0.2) is 44.9 Å². The second kappa shape index (κ2) is 11.6. The number of carboxylic acid groups (broad SMARTS) is 1. The number of methoxy groups -OCH3 is 1. The quantitative estimate of drug-likeness (QED) is 0.313. The van der Waals surface area contributed by atoms with E-state index in [9.17, 15) is 24.3 Å². The highest BCUT2D eigenvalue weighted by atomic mass is 16.5. The minimum absolute atomic E-state index is 0.0369. The Labute approximate surface area is 230 Å². The van der Waals surface area contributed by atoms with E-state index in [0.29, 0.717) is 27.1 Å². The van der Waals surface area contributed by atoms with Gasteiger partial charge in [-0.3, -0.25) is 14.2 Å². The van der Waals surface area contributed by atoms with E-state index < -0.39 is 29.7 Å². The molecule has 10 heteroatoms. The Hall–Kier alpha value is -4.73. The van der Waals surface area contributed by atoms with Crippen LogP contribution in [-0.2, 0) is 22.6 Å². The molecular formula is C30H31N3O7. The second-order valence-corrected chi connectivity index (χ2v) is 9.65. The molecule has 0 radical (unpaired) electrons. The van der Waals surface area contributed by atoms with Gasteiger partial charge < -0.3 is 14.6 Å². The number of aryl methyl sites for hydroxylation is 1. The zero-order chi connectivity index (χ0) is 29.1. The number of pyridine rings is 1. The van der Waals surface area contributed by atoms with E-state index in [-0.39, 0.29) is 41.2 Å². The summed E-state index contributed by atoms with van der Waals surface area (Å²) in [5.41, 5.74) is 1.15. The van der Waals surface area contributed by atoms with Crippen LogP contribution in [0.1, 0.15) is 53.9 Å². The van der Waals surface area contributed by atoms with Crippen LogP contribution in [0.3, 0.4) is 0 Å². The Kier molecular flexibility index (Phi) is 8.18. The molecule has 2 heterocycles. The summed E-state index contributed by atoms with van der Waals surface area (Å²) in [6.45, 7) is 6.46. The number of carboxylic acids is 1. The number of carbonyl (C=O) groups is 2. The lowest BCUT2D eigenvalue weighted by Crippen LogP contribution is -2.42. The van der Waals surface area contributed by atoms with Gasteiger partial charge in [0, 0.05) is 11.1 Å². The Morgan fingerprint density at radius 3 is 2.30 bits per heavy atom. The highest BCUT2D eigenvalue weighted by molar-refractivity contribution is 6.07. The number of benzene rings is 2. The van der Waals surface area contributed by atoms with Crippen LogP contribution < -0.4 is 16.0 Å². The molecule has 0 saturated heterocycles. The van der Waals surface area contributed by atoms with Crippen molar-refractivity contribution in [3.8, 4) is 16.9 Å². The van der Waals surface area contributed by atoms with E-state index in [2.05, 4.69) is 0 Å². The van der Waals surface area contributed by atoms with Crippen molar-refractivity contribution >= 4 is 23.0 Å². The van der Waals surface area contributed by atoms with Crippen LogP contribution in [0.15, 0.2) is 58.1 Å². The van der Waals surface area contributed by atoms with Gasteiger partial charge in [0.1, 0.15) is 12.3 Å². The normalized spacial score (nSPS) is 11.2. The molecule has 2 aromatic heterocycles. The van der Waals surface area contributed by atoms with E-state index in [1.165, 1.54) is 11.7 Å². The minimum Gasteiger partial charge on any atom is -0.496 e. The Morgan fingerprint density at radius 1 is 1.02 bits per heavy atom. The van der Waals surface area contributed by atoms with Crippen LogP contribution in [0.2, 0.25) is 0 Å². The molecule has 0 aliphatic heterocycles. The number of fused-ring (bicyclic) bond motifs is 1. The first-order valence-corrected chi connectivity index (χ1v) is 12.9. The first kappa shape index (κ1) is 28.3. The molecule has 208 valence electrons. The van der Waals surface area contributed by atoms with Crippen LogP contribution >= 0.6 is 0 Å². The molecule has 4 rings (SSSR count). The van der Waals surface area contributed by atoms with Gasteiger partial charge in [-0.2, -0.15) is 0 Å². The molecule has 0 bridgehead atoms. The smallest absolute Gasteiger partial charge is 0.340 e. The second-order valence-electron chi connectivity index (χ2n) is 9.65. The van der Waals surface area contributed by atoms with Crippen molar-refractivity contribution < 1.29 is 24.2 Å². The van der Waals surface area contributed by atoms with Crippen LogP contribution in [0.4, 0.5) is 0 Å². The van der Waals surface area contributed by atoms with Crippen LogP contribution in [0.25, 0.3) is 22.2 Å². The predicted octanol–water partition coefficient (Wildman–Crippen LogP) is 3.98. The van der Waals surface area contributed by atoms with Crippen LogP contribution in [0.5, 0.6) is 5.75 Å². The fourth-order valence-electron chi connectivity index (χ4n) is 4.70. The molecule has 0 fully saturated rings. The minimum atomic E-state index is -1.36. The monoisotopic (exact) mass is 545 g/mol. The zero-order valence-electron chi connectivity index (χ0n) is 23.1. The lowest BCUT2D eigenvalue weighted by Gasteiger charge is -2.21. The molecule has 0 atom stereocenters. The number of carbonyl (C=O) groups excluding carboxylic acids is 1. The largest absolute Gasteiger partial charge is 0.496 e. The lowest BCUT2D eigenvalue weighted by molar-refractivity contribution is -0.137. The summed E-state index contributed by atoms with van der Waals surface area (Å²) in [7, 11) is 1.50. The standard InChI is InChI=1S/C30H31N3O7/c1-6-40-29(37)24-23(19-13-11-18(4)12-14-19)25-27(31-26(24)17(2)3)32(15-20-9-7-8-10-21(20)39-5)30(38)33(28(25)36)16-22(34)35/h7-14,17H,6,15-16H2,1-5H3,(H,34,35). The number of esters is 1. The van der Waals surface area contributed by atoms with Gasteiger partial charge in [0.05, 0.1) is 36.9 Å². The fourth-order valence-corrected chi connectivity index (χ4v) is 4.70. The molecular weight excluding hydrogens is 514 g/mol. The molecule has 2 aromatic carbocycles. The molecule has 0 saturated carbocycles. The number of aromatic nitrogens is 3. The van der Waals surface area contributed by atoms with Gasteiger partial charge in [-0.1, -0.05) is 61.9 Å². The number of nitrogens with zero attached hydrogens (tertiary/aromatic N) is 3. The first-order valence-electron chi connectivity index (χ1n) is 12.9. The van der Waals surface area contributed by atoms with E-state index in [4.69, 9.17) is 14.5 Å². The molecule has 1 N–H and O–H groups in total. The van der Waals surface area contributed by atoms with Crippen molar-refractivity contribution in [2.45, 2.75) is 46.7 Å². The third-order valence-electron chi connectivity index (χ3n) is 6.56. The average Bonchev–Trinajstić information content (AvgIpc) is 2.92. The van der Waals surface area contributed by atoms with Gasteiger partial charge in [-0.15, -0.1) is 0 Å². The molecule has 0 spiro atoms. The van der Waals surface area contributed by atoms with Crippen molar-refractivity contribution in [2.75, 3.05) is 13.7 Å².